The van der Waals surface area contributed by atoms with Gasteiger partial charge in [-0.15, -0.1) is 11.3 Å². The van der Waals surface area contributed by atoms with Crippen molar-refractivity contribution in [2.75, 3.05) is 18.7 Å². The highest BCUT2D eigenvalue weighted by atomic mass is 32.1. The fourth-order valence-corrected chi connectivity index (χ4v) is 3.37. The first kappa shape index (κ1) is 18.1. The molecule has 3 aromatic rings. The van der Waals surface area contributed by atoms with Crippen LogP contribution in [0.5, 0.6) is 17.2 Å². The number of carbonyl (C=O) groups excluding carboxylic acids is 1. The normalized spacial score (nSPS) is 12.1. The van der Waals surface area contributed by atoms with E-state index in [2.05, 4.69) is 10.3 Å². The molecule has 1 aliphatic rings. The van der Waals surface area contributed by atoms with Gasteiger partial charge in [-0.1, -0.05) is 0 Å². The molecule has 0 saturated carbocycles. The van der Waals surface area contributed by atoms with Crippen LogP contribution < -0.4 is 25.0 Å². The summed E-state index contributed by atoms with van der Waals surface area (Å²) in [5.41, 5.74) is 2.12. The molecule has 4 rings (SSSR count). The average molecular weight is 399 g/mol. The summed E-state index contributed by atoms with van der Waals surface area (Å²) in [6, 6.07) is 7.01. The van der Waals surface area contributed by atoms with E-state index in [1.54, 1.807) is 17.8 Å². The van der Waals surface area contributed by atoms with Gasteiger partial charge in [0, 0.05) is 35.9 Å². The summed E-state index contributed by atoms with van der Waals surface area (Å²) in [5, 5.41) is 4.96. The molecule has 0 spiro atoms. The summed E-state index contributed by atoms with van der Waals surface area (Å²) >= 11 is 1.30. The van der Waals surface area contributed by atoms with Gasteiger partial charge in [0.1, 0.15) is 0 Å². The second kappa shape index (κ2) is 7.35. The Morgan fingerprint density at radius 3 is 3.00 bits per heavy atom. The Kier molecular flexibility index (Phi) is 4.74. The minimum absolute atomic E-state index is 0.128. The molecule has 3 heterocycles. The molecule has 1 aliphatic heterocycles. The van der Waals surface area contributed by atoms with Gasteiger partial charge in [-0.3, -0.25) is 14.9 Å². The van der Waals surface area contributed by atoms with Crippen molar-refractivity contribution in [3.05, 3.63) is 51.8 Å². The Balaban J connectivity index is 1.39. The van der Waals surface area contributed by atoms with Gasteiger partial charge in [0.2, 0.25) is 12.2 Å². The van der Waals surface area contributed by atoms with E-state index in [-0.39, 0.29) is 24.6 Å². The quantitative estimate of drug-likeness (QED) is 0.709. The zero-order valence-corrected chi connectivity index (χ0v) is 16.0. The Hall–Kier alpha value is -3.33. The molecule has 0 aliphatic carbocycles. The van der Waals surface area contributed by atoms with Crippen molar-refractivity contribution in [3.63, 3.8) is 0 Å². The lowest BCUT2D eigenvalue weighted by Crippen LogP contribution is -2.22. The highest BCUT2D eigenvalue weighted by Gasteiger charge is 2.16. The van der Waals surface area contributed by atoms with E-state index < -0.39 is 5.91 Å². The van der Waals surface area contributed by atoms with Crippen LogP contribution in [0.2, 0.25) is 0 Å². The molecule has 0 fully saturated rings. The number of hydrogen-bond acceptors (Lipinski definition) is 7. The van der Waals surface area contributed by atoms with Crippen LogP contribution in [0.15, 0.2) is 40.6 Å². The van der Waals surface area contributed by atoms with Gasteiger partial charge in [-0.2, -0.15) is 0 Å². The first-order valence-corrected chi connectivity index (χ1v) is 9.33. The number of ether oxygens (including phenoxy) is 3. The van der Waals surface area contributed by atoms with E-state index in [4.69, 9.17) is 14.2 Å². The summed E-state index contributed by atoms with van der Waals surface area (Å²) < 4.78 is 17.8. The Morgan fingerprint density at radius 1 is 1.32 bits per heavy atom. The molecule has 0 atom stereocenters. The number of aromatic nitrogens is 2. The largest absolute Gasteiger partial charge is 0.478 e. The van der Waals surface area contributed by atoms with Crippen LogP contribution in [0.25, 0.3) is 11.3 Å². The van der Waals surface area contributed by atoms with Crippen molar-refractivity contribution in [2.24, 2.45) is 7.05 Å². The van der Waals surface area contributed by atoms with E-state index >= 15 is 0 Å². The lowest BCUT2D eigenvalue weighted by Gasteiger charge is -2.08. The monoisotopic (exact) mass is 399 g/mol. The van der Waals surface area contributed by atoms with Crippen molar-refractivity contribution in [2.45, 2.75) is 6.92 Å². The molecule has 1 amide bonds. The lowest BCUT2D eigenvalue weighted by atomic mass is 10.1. The molecule has 0 saturated heterocycles. The van der Waals surface area contributed by atoms with Crippen molar-refractivity contribution >= 4 is 22.4 Å². The zero-order valence-electron chi connectivity index (χ0n) is 15.2. The molecule has 2 aromatic heterocycles. The molecule has 1 aromatic carbocycles. The number of benzene rings is 1. The number of nitrogens with one attached hydrogen (secondary N) is 1. The molecule has 9 heteroatoms. The topological polar surface area (TPSA) is 91.7 Å². The van der Waals surface area contributed by atoms with Gasteiger partial charge in [0.25, 0.3) is 5.91 Å². The van der Waals surface area contributed by atoms with E-state index in [9.17, 15) is 9.59 Å². The van der Waals surface area contributed by atoms with Gasteiger partial charge in [-0.25, -0.2) is 4.98 Å². The maximum absolute atomic E-state index is 12.1. The molecule has 0 unspecified atom stereocenters. The lowest BCUT2D eigenvalue weighted by molar-refractivity contribution is -0.118. The zero-order chi connectivity index (χ0) is 19.7. The number of carbonyl (C=O) groups is 1. The fraction of sp³-hybridized carbons (Fsp3) is 0.211. The summed E-state index contributed by atoms with van der Waals surface area (Å²) in [6.07, 6.45) is 1.56. The number of hydrogen-bond donors (Lipinski definition) is 1. The number of thiazole rings is 1. The van der Waals surface area contributed by atoms with Crippen molar-refractivity contribution < 1.29 is 19.0 Å². The highest BCUT2D eigenvalue weighted by Crippen LogP contribution is 2.36. The average Bonchev–Trinajstić information content (AvgIpc) is 3.32. The maximum atomic E-state index is 12.1. The third kappa shape index (κ3) is 3.70. The van der Waals surface area contributed by atoms with Gasteiger partial charge >= 0.3 is 0 Å². The van der Waals surface area contributed by atoms with Crippen LogP contribution >= 0.6 is 11.3 Å². The van der Waals surface area contributed by atoms with E-state index in [0.717, 1.165) is 11.3 Å². The van der Waals surface area contributed by atoms with Gasteiger partial charge < -0.3 is 18.8 Å². The minimum atomic E-state index is -0.394. The number of rotatable bonds is 5. The first-order chi connectivity index (χ1) is 13.5. The minimum Gasteiger partial charge on any atom is -0.478 e. The van der Waals surface area contributed by atoms with Gasteiger partial charge in [-0.05, 0) is 25.1 Å². The molecule has 1 N–H and O–H groups in total. The van der Waals surface area contributed by atoms with Crippen LogP contribution in [0, 0.1) is 6.92 Å². The maximum Gasteiger partial charge on any atom is 0.264 e. The highest BCUT2D eigenvalue weighted by molar-refractivity contribution is 7.14. The second-order valence-corrected chi connectivity index (χ2v) is 7.06. The number of aryl methyl sites for hydroxylation is 2. The smallest absolute Gasteiger partial charge is 0.264 e. The number of pyridine rings is 1. The van der Waals surface area contributed by atoms with Crippen LogP contribution in [0.1, 0.15) is 5.69 Å². The molecular weight excluding hydrogens is 382 g/mol. The number of fused-ring (bicyclic) bond motifs is 1. The van der Waals surface area contributed by atoms with Crippen LogP contribution in [-0.4, -0.2) is 28.9 Å². The predicted octanol–water partition coefficient (Wildman–Crippen LogP) is 2.56. The summed E-state index contributed by atoms with van der Waals surface area (Å²) in [6.45, 7) is 1.75. The van der Waals surface area contributed by atoms with Gasteiger partial charge in [0.15, 0.2) is 29.0 Å². The standard InChI is InChI=1S/C19H17N3O5S/c1-11-5-14(23)17(7-22(11)2)25-8-18(24)21-19-20-13(9-28-19)12-3-4-15-16(6-12)27-10-26-15/h3-7,9H,8,10H2,1-2H3,(H,20,21,24). The summed E-state index contributed by atoms with van der Waals surface area (Å²) in [7, 11) is 1.80. The molecule has 28 heavy (non-hydrogen) atoms. The Labute approximate surface area is 164 Å². The number of amides is 1. The van der Waals surface area contributed by atoms with E-state index in [1.165, 1.54) is 17.4 Å². The summed E-state index contributed by atoms with van der Waals surface area (Å²) in [4.78, 5) is 28.5. The third-order valence-corrected chi connectivity index (χ3v) is 4.99. The Bertz CT molecular complexity index is 1110. The number of nitrogens with zero attached hydrogens (tertiary/aromatic N) is 2. The first-order valence-electron chi connectivity index (χ1n) is 8.45. The molecule has 144 valence electrons. The molecule has 8 nitrogen and oxygen atoms in total. The second-order valence-electron chi connectivity index (χ2n) is 6.20. The predicted molar refractivity (Wildman–Crippen MR) is 104 cm³/mol. The van der Waals surface area contributed by atoms with Crippen molar-refractivity contribution in [1.29, 1.82) is 0 Å². The van der Waals surface area contributed by atoms with Crippen LogP contribution in [0.4, 0.5) is 5.13 Å². The molecule has 0 bridgehead atoms. The third-order valence-electron chi connectivity index (χ3n) is 4.23. The SMILES string of the molecule is Cc1cc(=O)c(OCC(=O)Nc2nc(-c3ccc4c(c3)OCO4)cs2)cn1C. The van der Waals surface area contributed by atoms with E-state index in [0.29, 0.717) is 22.3 Å². The van der Waals surface area contributed by atoms with Crippen LogP contribution in [0.3, 0.4) is 0 Å². The van der Waals surface area contributed by atoms with Crippen molar-refractivity contribution in [1.82, 2.24) is 9.55 Å². The summed E-state index contributed by atoms with van der Waals surface area (Å²) in [5.74, 6) is 1.11. The van der Waals surface area contributed by atoms with Gasteiger partial charge in [0.05, 0.1) is 5.69 Å². The Morgan fingerprint density at radius 2 is 2.14 bits per heavy atom. The van der Waals surface area contributed by atoms with Crippen LogP contribution in [-0.2, 0) is 11.8 Å². The fourth-order valence-electron chi connectivity index (χ4n) is 2.63. The number of anilines is 1. The molecule has 0 radical (unpaired) electrons. The van der Waals surface area contributed by atoms with Crippen molar-refractivity contribution in [3.8, 4) is 28.5 Å². The van der Waals surface area contributed by atoms with E-state index in [1.807, 2.05) is 30.5 Å². The molecular formula is C19H17N3O5S.